The molecule has 23 heavy (non-hydrogen) atoms. The van der Waals surface area contributed by atoms with Crippen molar-refractivity contribution < 1.29 is 13.5 Å². The average Bonchev–Trinajstić information content (AvgIpc) is 2.55. The van der Waals surface area contributed by atoms with Gasteiger partial charge >= 0.3 is 0 Å². The summed E-state index contributed by atoms with van der Waals surface area (Å²) in [5, 5.41) is 10.2. The molecular weight excluding hydrogens is 330 g/mol. The van der Waals surface area contributed by atoms with Crippen LogP contribution in [0.25, 0.3) is 0 Å². The summed E-state index contributed by atoms with van der Waals surface area (Å²) in [7, 11) is -3.64. The Kier molecular flexibility index (Phi) is 5.86. The predicted octanol–water partition coefficient (Wildman–Crippen LogP) is 3.04. The van der Waals surface area contributed by atoms with Crippen molar-refractivity contribution in [1.82, 2.24) is 4.72 Å². The number of hydrogen-bond acceptors (Lipinski definition) is 4. The lowest BCUT2D eigenvalue weighted by Crippen LogP contribution is -2.29. The van der Waals surface area contributed by atoms with Crippen LogP contribution in [-0.2, 0) is 10.0 Å². The zero-order valence-corrected chi connectivity index (χ0v) is 15.0. The normalized spacial score (nSPS) is 13.0. The number of nitrogens with one attached hydrogen (secondary N) is 1. The molecule has 124 valence electrons. The fourth-order valence-electron chi connectivity index (χ4n) is 2.21. The molecule has 1 atom stereocenters. The van der Waals surface area contributed by atoms with Crippen molar-refractivity contribution in [3.05, 3.63) is 59.2 Å². The van der Waals surface area contributed by atoms with E-state index in [1.165, 1.54) is 0 Å². The van der Waals surface area contributed by atoms with Crippen molar-refractivity contribution >= 4 is 21.8 Å². The summed E-state index contributed by atoms with van der Waals surface area (Å²) in [6.07, 6.45) is 1.09. The van der Waals surface area contributed by atoms with Crippen molar-refractivity contribution in [3.63, 3.8) is 0 Å². The van der Waals surface area contributed by atoms with Gasteiger partial charge in [0.05, 0.1) is 11.0 Å². The van der Waals surface area contributed by atoms with Crippen LogP contribution in [0.2, 0.25) is 0 Å². The van der Waals surface area contributed by atoms with Crippen LogP contribution < -0.4 is 4.72 Å². The van der Waals surface area contributed by atoms with Gasteiger partial charge in [-0.05, 0) is 55.0 Å². The lowest BCUT2D eigenvalue weighted by atomic mass is 10.1. The van der Waals surface area contributed by atoms with Crippen LogP contribution in [0.15, 0.2) is 52.3 Å². The van der Waals surface area contributed by atoms with Gasteiger partial charge in [0, 0.05) is 11.4 Å². The molecule has 0 aliphatic heterocycles. The van der Waals surface area contributed by atoms with Gasteiger partial charge in [0.2, 0.25) is 10.0 Å². The minimum atomic E-state index is -3.64. The summed E-state index contributed by atoms with van der Waals surface area (Å²) in [5.41, 5.74) is 2.25. The Morgan fingerprint density at radius 2 is 1.78 bits per heavy atom. The average molecular weight is 351 g/mol. The van der Waals surface area contributed by atoms with E-state index in [-0.39, 0.29) is 11.4 Å². The van der Waals surface area contributed by atoms with Crippen LogP contribution in [-0.4, -0.2) is 26.3 Å². The molecule has 1 unspecified atom stereocenters. The Morgan fingerprint density at radius 1 is 1.13 bits per heavy atom. The van der Waals surface area contributed by atoms with Crippen molar-refractivity contribution in [2.75, 3.05) is 12.8 Å². The summed E-state index contributed by atoms with van der Waals surface area (Å²) in [4.78, 5) is 1.35. The first kappa shape index (κ1) is 18.0. The highest BCUT2D eigenvalue weighted by Crippen LogP contribution is 2.20. The number of hydrogen-bond donors (Lipinski definition) is 2. The van der Waals surface area contributed by atoms with Gasteiger partial charge < -0.3 is 5.11 Å². The van der Waals surface area contributed by atoms with E-state index in [9.17, 15) is 13.5 Å². The number of thioether (sulfide) groups is 1. The largest absolute Gasteiger partial charge is 0.387 e. The third-order valence-electron chi connectivity index (χ3n) is 3.60. The lowest BCUT2D eigenvalue weighted by molar-refractivity contribution is 0.182. The zero-order chi connectivity index (χ0) is 17.0. The van der Waals surface area contributed by atoms with Crippen LogP contribution in [0.5, 0.6) is 0 Å². The van der Waals surface area contributed by atoms with E-state index < -0.39 is 16.1 Å². The Labute approximate surface area is 142 Å². The van der Waals surface area contributed by atoms with Crippen LogP contribution in [0, 0.1) is 13.8 Å². The predicted molar refractivity (Wildman–Crippen MR) is 94.3 cm³/mol. The molecule has 0 aromatic heterocycles. The van der Waals surface area contributed by atoms with E-state index in [4.69, 9.17) is 0 Å². The second kappa shape index (κ2) is 7.49. The molecule has 0 bridgehead atoms. The van der Waals surface area contributed by atoms with Gasteiger partial charge in [-0.25, -0.2) is 13.1 Å². The van der Waals surface area contributed by atoms with Crippen LogP contribution in [0.4, 0.5) is 0 Å². The van der Waals surface area contributed by atoms with E-state index in [0.717, 1.165) is 10.5 Å². The Bertz CT molecular complexity index is 771. The molecule has 0 saturated carbocycles. The van der Waals surface area contributed by atoms with E-state index >= 15 is 0 Å². The highest BCUT2D eigenvalue weighted by Gasteiger charge is 2.19. The molecular formula is C17H21NO3S2. The van der Waals surface area contributed by atoms with Crippen LogP contribution in [0.3, 0.4) is 0 Å². The Balaban J connectivity index is 2.10. The van der Waals surface area contributed by atoms with Gasteiger partial charge in [-0.15, -0.1) is 11.8 Å². The number of benzene rings is 2. The molecule has 0 spiro atoms. The molecule has 0 radical (unpaired) electrons. The highest BCUT2D eigenvalue weighted by molar-refractivity contribution is 7.98. The molecule has 2 rings (SSSR count). The first-order chi connectivity index (χ1) is 10.8. The maximum Gasteiger partial charge on any atom is 0.240 e. The number of sulfonamides is 1. The fourth-order valence-corrected chi connectivity index (χ4v) is 3.98. The summed E-state index contributed by atoms with van der Waals surface area (Å²) in [6, 6.07) is 12.7. The van der Waals surface area contributed by atoms with Gasteiger partial charge in [0.15, 0.2) is 0 Å². The van der Waals surface area contributed by atoms with Crippen molar-refractivity contribution in [3.8, 4) is 0 Å². The molecule has 0 aliphatic rings. The molecule has 0 aliphatic carbocycles. The topological polar surface area (TPSA) is 66.4 Å². The van der Waals surface area contributed by atoms with E-state index in [1.54, 1.807) is 30.8 Å². The number of aliphatic hydroxyl groups is 1. The summed E-state index contributed by atoms with van der Waals surface area (Å²) >= 11 is 1.61. The molecule has 0 saturated heterocycles. The highest BCUT2D eigenvalue weighted by atomic mass is 32.2. The smallest absolute Gasteiger partial charge is 0.240 e. The molecule has 4 nitrogen and oxygen atoms in total. The van der Waals surface area contributed by atoms with Gasteiger partial charge in [-0.1, -0.05) is 24.3 Å². The van der Waals surface area contributed by atoms with E-state index in [2.05, 4.69) is 4.72 Å². The number of aliphatic hydroxyl groups excluding tert-OH is 1. The first-order valence-corrected chi connectivity index (χ1v) is 9.93. The number of rotatable bonds is 6. The quantitative estimate of drug-likeness (QED) is 0.785. The van der Waals surface area contributed by atoms with Crippen molar-refractivity contribution in [1.29, 1.82) is 0 Å². The van der Waals surface area contributed by atoms with E-state index in [0.29, 0.717) is 11.1 Å². The lowest BCUT2D eigenvalue weighted by Gasteiger charge is -2.14. The molecule has 2 aromatic rings. The van der Waals surface area contributed by atoms with Gasteiger partial charge in [0.25, 0.3) is 0 Å². The minimum absolute atomic E-state index is 0.0612. The minimum Gasteiger partial charge on any atom is -0.387 e. The third-order valence-corrected chi connectivity index (χ3v) is 5.91. The van der Waals surface area contributed by atoms with Crippen molar-refractivity contribution in [2.24, 2.45) is 0 Å². The molecule has 6 heteroatoms. The molecule has 2 N–H and O–H groups in total. The standard InChI is InChI=1S/C17H21NO3S2/c1-12-4-5-13(2)17(10-12)23(20,21)18-11-16(19)14-6-8-15(22-3)9-7-14/h4-10,16,18-19H,11H2,1-3H3. The maximum atomic E-state index is 12.4. The first-order valence-electron chi connectivity index (χ1n) is 7.22. The van der Waals surface area contributed by atoms with Crippen molar-refractivity contribution in [2.45, 2.75) is 29.7 Å². The Hall–Kier alpha value is -1.34. The summed E-state index contributed by atoms with van der Waals surface area (Å²) in [5.74, 6) is 0. The summed E-state index contributed by atoms with van der Waals surface area (Å²) in [6.45, 7) is 3.54. The van der Waals surface area contributed by atoms with Gasteiger partial charge in [-0.2, -0.15) is 0 Å². The van der Waals surface area contributed by atoms with Crippen LogP contribution >= 0.6 is 11.8 Å². The van der Waals surface area contributed by atoms with Crippen LogP contribution in [0.1, 0.15) is 22.8 Å². The third kappa shape index (κ3) is 4.57. The zero-order valence-electron chi connectivity index (χ0n) is 13.4. The van der Waals surface area contributed by atoms with Gasteiger partial charge in [-0.3, -0.25) is 0 Å². The maximum absolute atomic E-state index is 12.4. The fraction of sp³-hybridized carbons (Fsp3) is 0.294. The van der Waals surface area contributed by atoms with Gasteiger partial charge in [0.1, 0.15) is 0 Å². The number of aryl methyl sites for hydroxylation is 2. The molecule has 0 fully saturated rings. The van der Waals surface area contributed by atoms with E-state index in [1.807, 2.05) is 43.5 Å². The second-order valence-corrected chi connectivity index (χ2v) is 8.02. The SMILES string of the molecule is CSc1ccc(C(O)CNS(=O)(=O)c2cc(C)ccc2C)cc1. The molecule has 0 heterocycles. The summed E-state index contributed by atoms with van der Waals surface area (Å²) < 4.78 is 27.3. The molecule has 2 aromatic carbocycles. The monoisotopic (exact) mass is 351 g/mol. The second-order valence-electron chi connectivity index (χ2n) is 5.41. The molecule has 0 amide bonds. The Morgan fingerprint density at radius 3 is 2.39 bits per heavy atom.